The molecule has 2 amide bonds. The number of benzene rings is 2. The van der Waals surface area contributed by atoms with Crippen molar-refractivity contribution in [1.82, 2.24) is 5.32 Å². The van der Waals surface area contributed by atoms with Crippen molar-refractivity contribution >= 4 is 17.5 Å². The molecule has 160 valence electrons. The predicted octanol–water partition coefficient (Wildman–Crippen LogP) is 3.18. The van der Waals surface area contributed by atoms with Gasteiger partial charge in [0.25, 0.3) is 5.91 Å². The second-order valence-corrected chi connectivity index (χ2v) is 7.35. The highest BCUT2D eigenvalue weighted by atomic mass is 16.5. The lowest BCUT2D eigenvalue weighted by Gasteiger charge is -2.34. The van der Waals surface area contributed by atoms with Gasteiger partial charge in [-0.15, -0.1) is 0 Å². The number of fused-ring (bicyclic) bond motifs is 1. The van der Waals surface area contributed by atoms with E-state index in [9.17, 15) is 14.7 Å². The van der Waals surface area contributed by atoms with E-state index in [0.717, 1.165) is 5.56 Å². The van der Waals surface area contributed by atoms with Gasteiger partial charge in [-0.05, 0) is 41.8 Å². The highest BCUT2D eigenvalue weighted by molar-refractivity contribution is 6.03. The molecule has 0 aliphatic carbocycles. The van der Waals surface area contributed by atoms with E-state index in [4.69, 9.17) is 9.15 Å². The number of nitrogens with one attached hydrogen (secondary N) is 1. The number of carbonyl (C=O) groups excluding carboxylic acids is 2. The molecule has 1 aromatic heterocycles. The smallest absolute Gasteiger partial charge is 0.268 e. The summed E-state index contributed by atoms with van der Waals surface area (Å²) in [5.74, 6) is 0.325. The van der Waals surface area contributed by atoms with Gasteiger partial charge in [-0.25, -0.2) is 0 Å². The lowest BCUT2D eigenvalue weighted by Crippen LogP contribution is -2.49. The topological polar surface area (TPSA) is 92.0 Å². The van der Waals surface area contributed by atoms with Crippen LogP contribution in [-0.2, 0) is 16.1 Å². The van der Waals surface area contributed by atoms with Crippen LogP contribution >= 0.6 is 0 Å². The molecule has 7 nitrogen and oxygen atoms in total. The molecule has 0 fully saturated rings. The Morgan fingerprint density at radius 3 is 2.68 bits per heavy atom. The van der Waals surface area contributed by atoms with Crippen molar-refractivity contribution in [3.8, 4) is 5.75 Å². The van der Waals surface area contributed by atoms with E-state index in [1.54, 1.807) is 30.3 Å². The third kappa shape index (κ3) is 4.46. The fourth-order valence-corrected chi connectivity index (χ4v) is 3.54. The molecule has 1 aliphatic heterocycles. The van der Waals surface area contributed by atoms with E-state index in [0.29, 0.717) is 35.7 Å². The minimum absolute atomic E-state index is 0.140. The molecule has 2 aromatic carbocycles. The molecule has 31 heavy (non-hydrogen) atoms. The number of amides is 2. The van der Waals surface area contributed by atoms with Gasteiger partial charge >= 0.3 is 0 Å². The maximum Gasteiger partial charge on any atom is 0.268 e. The van der Waals surface area contributed by atoms with Crippen molar-refractivity contribution in [1.29, 1.82) is 0 Å². The van der Waals surface area contributed by atoms with Crippen LogP contribution in [0, 0.1) is 0 Å². The zero-order chi connectivity index (χ0) is 21.8. The minimum atomic E-state index is -0.993. The highest BCUT2D eigenvalue weighted by Gasteiger charge is 2.35. The minimum Gasteiger partial charge on any atom is -0.478 e. The molecule has 0 spiro atoms. The lowest BCUT2D eigenvalue weighted by atomic mass is 10.0. The number of carbonyl (C=O) groups is 2. The van der Waals surface area contributed by atoms with Crippen LogP contribution in [0.3, 0.4) is 0 Å². The highest BCUT2D eigenvalue weighted by Crippen LogP contribution is 2.37. The Morgan fingerprint density at radius 1 is 1.16 bits per heavy atom. The van der Waals surface area contributed by atoms with Gasteiger partial charge in [-0.2, -0.15) is 0 Å². The summed E-state index contributed by atoms with van der Waals surface area (Å²) in [6.45, 7) is 2.09. The molecule has 2 heterocycles. The largest absolute Gasteiger partial charge is 0.478 e. The Balaban J connectivity index is 1.56. The number of ether oxygens (including phenoxy) is 1. The van der Waals surface area contributed by atoms with E-state index in [-0.39, 0.29) is 18.4 Å². The van der Waals surface area contributed by atoms with E-state index < -0.39 is 12.2 Å². The van der Waals surface area contributed by atoms with Gasteiger partial charge in [0.15, 0.2) is 6.10 Å². The fraction of sp³-hybridized carbons (Fsp3) is 0.250. The van der Waals surface area contributed by atoms with Crippen molar-refractivity contribution in [2.75, 3.05) is 11.4 Å². The normalized spacial score (nSPS) is 16.4. The summed E-state index contributed by atoms with van der Waals surface area (Å²) in [4.78, 5) is 27.0. The van der Waals surface area contributed by atoms with Crippen LogP contribution < -0.4 is 15.0 Å². The van der Waals surface area contributed by atoms with Crippen molar-refractivity contribution in [2.24, 2.45) is 0 Å². The third-order valence-corrected chi connectivity index (χ3v) is 5.22. The summed E-state index contributed by atoms with van der Waals surface area (Å²) in [5.41, 5.74) is 1.96. The van der Waals surface area contributed by atoms with Crippen molar-refractivity contribution < 1.29 is 23.8 Å². The average molecular weight is 420 g/mol. The maximum atomic E-state index is 13.0. The molecule has 0 bridgehead atoms. The standard InChI is InChI=1S/C24H24N2O5/c1-2-19-24(29)26(15-22(27)25-14-16-7-4-3-5-8-16)18-13-17(10-11-20(18)31-19)23(28)21-9-6-12-30-21/h3-13,19,23,28H,2,14-15H2,1H3,(H,25,27)/t19-,23-/m0/s1. The number of aliphatic hydroxyl groups is 1. The van der Waals surface area contributed by atoms with Crippen LogP contribution in [-0.4, -0.2) is 29.6 Å². The average Bonchev–Trinajstić information content (AvgIpc) is 3.34. The Bertz CT molecular complexity index is 1050. The SMILES string of the molecule is CC[C@@H]1Oc2ccc([C@H](O)c3ccco3)cc2N(CC(=O)NCc2ccccc2)C1=O. The first-order valence-electron chi connectivity index (χ1n) is 10.2. The summed E-state index contributed by atoms with van der Waals surface area (Å²) >= 11 is 0. The number of hydrogen-bond acceptors (Lipinski definition) is 5. The summed E-state index contributed by atoms with van der Waals surface area (Å²) in [6, 6.07) is 18.0. The van der Waals surface area contributed by atoms with E-state index in [1.165, 1.54) is 11.2 Å². The van der Waals surface area contributed by atoms with E-state index >= 15 is 0 Å². The first-order valence-corrected chi connectivity index (χ1v) is 10.2. The number of furan rings is 1. The fourth-order valence-electron chi connectivity index (χ4n) is 3.54. The second kappa shape index (κ2) is 9.06. The predicted molar refractivity (Wildman–Crippen MR) is 115 cm³/mol. The number of aliphatic hydroxyl groups excluding tert-OH is 1. The number of hydrogen-bond donors (Lipinski definition) is 2. The number of rotatable bonds is 7. The molecule has 1 aliphatic rings. The van der Waals surface area contributed by atoms with Crippen LogP contribution in [0.15, 0.2) is 71.3 Å². The first kappa shape index (κ1) is 20.7. The van der Waals surface area contributed by atoms with Gasteiger partial charge in [0.1, 0.15) is 24.2 Å². The third-order valence-electron chi connectivity index (χ3n) is 5.22. The van der Waals surface area contributed by atoms with Crippen LogP contribution in [0.4, 0.5) is 5.69 Å². The lowest BCUT2D eigenvalue weighted by molar-refractivity contribution is -0.129. The number of nitrogens with zero attached hydrogens (tertiary/aromatic N) is 1. The molecule has 4 rings (SSSR count). The van der Waals surface area contributed by atoms with Crippen molar-refractivity contribution in [2.45, 2.75) is 32.1 Å². The van der Waals surface area contributed by atoms with Gasteiger partial charge in [-0.3, -0.25) is 14.5 Å². The van der Waals surface area contributed by atoms with Gasteiger partial charge in [0.05, 0.1) is 12.0 Å². The Hall–Kier alpha value is -3.58. The zero-order valence-electron chi connectivity index (χ0n) is 17.2. The monoisotopic (exact) mass is 420 g/mol. The summed E-state index contributed by atoms with van der Waals surface area (Å²) in [5, 5.41) is 13.5. The van der Waals surface area contributed by atoms with Gasteiger partial charge < -0.3 is 19.6 Å². The first-order chi connectivity index (χ1) is 15.1. The van der Waals surface area contributed by atoms with E-state index in [1.807, 2.05) is 37.3 Å². The Morgan fingerprint density at radius 2 is 1.97 bits per heavy atom. The molecular weight excluding hydrogens is 396 g/mol. The zero-order valence-corrected chi connectivity index (χ0v) is 17.2. The van der Waals surface area contributed by atoms with Crippen molar-refractivity contribution in [3.63, 3.8) is 0 Å². The molecule has 2 atom stereocenters. The van der Waals surface area contributed by atoms with Crippen LogP contribution in [0.5, 0.6) is 5.75 Å². The Labute approximate surface area is 180 Å². The van der Waals surface area contributed by atoms with E-state index in [2.05, 4.69) is 5.32 Å². The summed E-state index contributed by atoms with van der Waals surface area (Å²) in [7, 11) is 0. The quantitative estimate of drug-likeness (QED) is 0.613. The van der Waals surface area contributed by atoms with Gasteiger partial charge in [0.2, 0.25) is 5.91 Å². The van der Waals surface area contributed by atoms with Crippen molar-refractivity contribution in [3.05, 3.63) is 83.8 Å². The molecule has 3 aromatic rings. The molecule has 2 N–H and O–H groups in total. The van der Waals surface area contributed by atoms with Crippen LogP contribution in [0.2, 0.25) is 0 Å². The summed E-state index contributed by atoms with van der Waals surface area (Å²) < 4.78 is 11.1. The molecule has 0 saturated heterocycles. The number of anilines is 1. The van der Waals surface area contributed by atoms with Crippen LogP contribution in [0.1, 0.15) is 36.3 Å². The molecule has 0 unspecified atom stereocenters. The van der Waals surface area contributed by atoms with Gasteiger partial charge in [-0.1, -0.05) is 43.3 Å². The maximum absolute atomic E-state index is 13.0. The van der Waals surface area contributed by atoms with Crippen LogP contribution in [0.25, 0.3) is 0 Å². The molecule has 7 heteroatoms. The molecular formula is C24H24N2O5. The van der Waals surface area contributed by atoms with Gasteiger partial charge in [0, 0.05) is 6.54 Å². The molecule has 0 saturated carbocycles. The second-order valence-electron chi connectivity index (χ2n) is 7.35. The Kier molecular flexibility index (Phi) is 6.04. The summed E-state index contributed by atoms with van der Waals surface area (Å²) in [6.07, 6.45) is 0.319. The molecule has 0 radical (unpaired) electrons.